The van der Waals surface area contributed by atoms with Crippen LogP contribution in [0.15, 0.2) is 24.3 Å². The Labute approximate surface area is 90.5 Å². The smallest absolute Gasteiger partial charge is 0.236 e. The molecule has 3 N–H and O–H groups in total. The molecule has 0 aliphatic carbocycles. The Balaban J connectivity index is 2.87. The van der Waals surface area contributed by atoms with Crippen LogP contribution in [0.2, 0.25) is 0 Å². The fourth-order valence-corrected chi connectivity index (χ4v) is 2.01. The maximum absolute atomic E-state index is 11.7. The maximum Gasteiger partial charge on any atom is 0.236 e. The second-order valence-electron chi connectivity index (χ2n) is 3.56. The molecule has 1 atom stereocenters. The van der Waals surface area contributed by atoms with Gasteiger partial charge in [-0.05, 0) is 31.5 Å². The van der Waals surface area contributed by atoms with E-state index in [9.17, 15) is 8.42 Å². The lowest BCUT2D eigenvalue weighted by molar-refractivity contribution is 0.589. The molecule has 15 heavy (non-hydrogen) atoms. The van der Waals surface area contributed by atoms with E-state index < -0.39 is 15.3 Å². The topological polar surface area (TPSA) is 72.2 Å². The monoisotopic (exact) mass is 228 g/mol. The molecule has 0 aliphatic rings. The summed E-state index contributed by atoms with van der Waals surface area (Å²) in [5.74, 6) is 0. The average Bonchev–Trinajstić information content (AvgIpc) is 2.15. The fourth-order valence-electron chi connectivity index (χ4n) is 1.10. The van der Waals surface area contributed by atoms with Crippen LogP contribution in [0.3, 0.4) is 0 Å². The lowest BCUT2D eigenvalue weighted by Crippen LogP contribution is -2.31. The van der Waals surface area contributed by atoms with Crippen molar-refractivity contribution in [1.82, 2.24) is 0 Å². The number of nitrogens with one attached hydrogen (secondary N) is 1. The summed E-state index contributed by atoms with van der Waals surface area (Å²) in [7, 11) is -3.36. The largest absolute Gasteiger partial charge is 0.329 e. The van der Waals surface area contributed by atoms with Crippen molar-refractivity contribution in [3.05, 3.63) is 29.8 Å². The van der Waals surface area contributed by atoms with E-state index in [0.29, 0.717) is 5.69 Å². The van der Waals surface area contributed by atoms with Gasteiger partial charge in [-0.2, -0.15) is 0 Å². The molecule has 0 saturated carbocycles. The van der Waals surface area contributed by atoms with Gasteiger partial charge in [-0.3, -0.25) is 4.72 Å². The Morgan fingerprint density at radius 3 is 2.67 bits per heavy atom. The van der Waals surface area contributed by atoms with E-state index >= 15 is 0 Å². The Kier molecular flexibility index (Phi) is 3.71. The normalized spacial score (nSPS) is 13.5. The van der Waals surface area contributed by atoms with Gasteiger partial charge < -0.3 is 5.73 Å². The van der Waals surface area contributed by atoms with Crippen molar-refractivity contribution >= 4 is 15.7 Å². The van der Waals surface area contributed by atoms with Gasteiger partial charge in [-0.1, -0.05) is 12.1 Å². The van der Waals surface area contributed by atoms with E-state index in [4.69, 9.17) is 5.73 Å². The summed E-state index contributed by atoms with van der Waals surface area (Å²) in [6.45, 7) is 3.60. The van der Waals surface area contributed by atoms with Gasteiger partial charge in [0.15, 0.2) is 0 Å². The van der Waals surface area contributed by atoms with Crippen LogP contribution >= 0.6 is 0 Å². The number of hydrogen-bond acceptors (Lipinski definition) is 3. The van der Waals surface area contributed by atoms with E-state index in [2.05, 4.69) is 4.72 Å². The van der Waals surface area contributed by atoms with Crippen LogP contribution in [0.1, 0.15) is 12.5 Å². The number of benzene rings is 1. The third-order valence-electron chi connectivity index (χ3n) is 2.14. The molecule has 1 aromatic carbocycles. The molecule has 0 aromatic heterocycles. The van der Waals surface area contributed by atoms with Crippen molar-refractivity contribution in [3.8, 4) is 0 Å². The zero-order valence-corrected chi connectivity index (χ0v) is 9.71. The van der Waals surface area contributed by atoms with Crippen LogP contribution in [0.4, 0.5) is 5.69 Å². The van der Waals surface area contributed by atoms with Gasteiger partial charge in [0.2, 0.25) is 10.0 Å². The fraction of sp³-hybridized carbons (Fsp3) is 0.400. The summed E-state index contributed by atoms with van der Waals surface area (Å²) in [5.41, 5.74) is 6.91. The lowest BCUT2D eigenvalue weighted by Gasteiger charge is -2.12. The molecule has 0 saturated heterocycles. The molecule has 0 bridgehead atoms. The number of rotatable bonds is 4. The predicted octanol–water partition coefficient (Wildman–Crippen LogP) is 1.08. The molecule has 0 fully saturated rings. The molecule has 0 aliphatic heterocycles. The molecule has 1 rings (SSSR count). The van der Waals surface area contributed by atoms with Crippen molar-refractivity contribution in [2.24, 2.45) is 5.73 Å². The van der Waals surface area contributed by atoms with Crippen LogP contribution in [-0.2, 0) is 10.0 Å². The summed E-state index contributed by atoms with van der Waals surface area (Å²) >= 11 is 0. The molecule has 0 heterocycles. The third-order valence-corrected chi connectivity index (χ3v) is 3.91. The maximum atomic E-state index is 11.7. The van der Waals surface area contributed by atoms with Crippen LogP contribution in [0.25, 0.3) is 0 Å². The first-order valence-corrected chi connectivity index (χ1v) is 6.28. The van der Waals surface area contributed by atoms with Crippen molar-refractivity contribution in [2.45, 2.75) is 19.1 Å². The minimum Gasteiger partial charge on any atom is -0.329 e. The molecular weight excluding hydrogens is 212 g/mol. The van der Waals surface area contributed by atoms with E-state index in [1.165, 1.54) is 0 Å². The van der Waals surface area contributed by atoms with E-state index in [1.807, 2.05) is 13.0 Å². The molecule has 1 aromatic rings. The number of aryl methyl sites for hydroxylation is 1. The SMILES string of the molecule is Cc1cccc(NS(=O)(=O)C(C)CN)c1. The highest BCUT2D eigenvalue weighted by Gasteiger charge is 2.18. The Hall–Kier alpha value is -1.07. The quantitative estimate of drug-likeness (QED) is 0.810. The molecular formula is C10H16N2O2S. The first kappa shape index (κ1) is 12.0. The Bertz CT molecular complexity index is 429. The van der Waals surface area contributed by atoms with Crippen molar-refractivity contribution in [2.75, 3.05) is 11.3 Å². The molecule has 4 nitrogen and oxygen atoms in total. The van der Waals surface area contributed by atoms with Gasteiger partial charge in [0.1, 0.15) is 0 Å². The van der Waals surface area contributed by atoms with Gasteiger partial charge in [0.25, 0.3) is 0 Å². The van der Waals surface area contributed by atoms with Crippen LogP contribution in [0, 0.1) is 6.92 Å². The lowest BCUT2D eigenvalue weighted by atomic mass is 10.2. The van der Waals surface area contributed by atoms with Gasteiger partial charge in [-0.25, -0.2) is 8.42 Å². The molecule has 84 valence electrons. The highest BCUT2D eigenvalue weighted by atomic mass is 32.2. The van der Waals surface area contributed by atoms with Crippen molar-refractivity contribution in [3.63, 3.8) is 0 Å². The molecule has 0 radical (unpaired) electrons. The number of sulfonamides is 1. The first-order valence-electron chi connectivity index (χ1n) is 4.74. The summed E-state index contributed by atoms with van der Waals surface area (Å²) in [6.07, 6.45) is 0. The van der Waals surface area contributed by atoms with Crippen LogP contribution < -0.4 is 10.5 Å². The predicted molar refractivity (Wildman–Crippen MR) is 62.2 cm³/mol. The van der Waals surface area contributed by atoms with Gasteiger partial charge in [0, 0.05) is 12.2 Å². The summed E-state index contributed by atoms with van der Waals surface area (Å²) in [6, 6.07) is 7.21. The second kappa shape index (κ2) is 4.63. The average molecular weight is 228 g/mol. The number of nitrogens with two attached hydrogens (primary N) is 1. The molecule has 5 heteroatoms. The van der Waals surface area contributed by atoms with Crippen molar-refractivity contribution in [1.29, 1.82) is 0 Å². The zero-order chi connectivity index (χ0) is 11.5. The first-order chi connectivity index (χ1) is 6.95. The van der Waals surface area contributed by atoms with E-state index in [1.54, 1.807) is 25.1 Å². The van der Waals surface area contributed by atoms with Gasteiger partial charge in [0.05, 0.1) is 5.25 Å². The Morgan fingerprint density at radius 1 is 1.47 bits per heavy atom. The third kappa shape index (κ3) is 3.21. The van der Waals surface area contributed by atoms with Crippen molar-refractivity contribution < 1.29 is 8.42 Å². The number of hydrogen-bond donors (Lipinski definition) is 2. The molecule has 0 spiro atoms. The Morgan fingerprint density at radius 2 is 2.13 bits per heavy atom. The summed E-state index contributed by atoms with van der Waals surface area (Å²) in [4.78, 5) is 0. The van der Waals surface area contributed by atoms with Gasteiger partial charge in [-0.15, -0.1) is 0 Å². The molecule has 1 unspecified atom stereocenters. The summed E-state index contributed by atoms with van der Waals surface area (Å²) in [5, 5.41) is -0.585. The second-order valence-corrected chi connectivity index (χ2v) is 5.66. The number of anilines is 1. The summed E-state index contributed by atoms with van der Waals surface area (Å²) < 4.78 is 25.8. The van der Waals surface area contributed by atoms with E-state index in [-0.39, 0.29) is 6.54 Å². The van der Waals surface area contributed by atoms with Gasteiger partial charge >= 0.3 is 0 Å². The van der Waals surface area contributed by atoms with Crippen LogP contribution in [-0.4, -0.2) is 20.2 Å². The van der Waals surface area contributed by atoms with E-state index in [0.717, 1.165) is 5.56 Å². The minimum absolute atomic E-state index is 0.112. The molecule has 0 amide bonds. The highest BCUT2D eigenvalue weighted by Crippen LogP contribution is 2.13. The zero-order valence-electron chi connectivity index (χ0n) is 8.90. The highest BCUT2D eigenvalue weighted by molar-refractivity contribution is 7.93. The minimum atomic E-state index is -3.36. The standard InChI is InChI=1S/C10H16N2O2S/c1-8-4-3-5-10(6-8)12-15(13,14)9(2)7-11/h3-6,9,12H,7,11H2,1-2H3. The van der Waals surface area contributed by atoms with Crippen LogP contribution in [0.5, 0.6) is 0 Å².